The van der Waals surface area contributed by atoms with Gasteiger partial charge in [0.05, 0.1) is 19.8 Å². The molecular formula is C15H22O4. The van der Waals surface area contributed by atoms with Gasteiger partial charge in [-0.2, -0.15) is 0 Å². The summed E-state index contributed by atoms with van der Waals surface area (Å²) in [6.07, 6.45) is 0. The maximum Gasteiger partial charge on any atom is 0.165 e. The molecular weight excluding hydrogens is 244 g/mol. The Morgan fingerprint density at radius 2 is 2.00 bits per heavy atom. The van der Waals surface area contributed by atoms with Crippen LogP contribution in [0.5, 0.6) is 5.75 Å². The van der Waals surface area contributed by atoms with Gasteiger partial charge in [-0.25, -0.2) is 0 Å². The molecule has 0 aromatic heterocycles. The Morgan fingerprint density at radius 1 is 1.26 bits per heavy atom. The van der Waals surface area contributed by atoms with E-state index < -0.39 is 0 Å². The molecule has 0 unspecified atom stereocenters. The second-order valence-electron chi connectivity index (χ2n) is 4.68. The fourth-order valence-corrected chi connectivity index (χ4v) is 1.70. The number of ketones is 1. The normalized spacial score (nSPS) is 10.8. The molecule has 0 atom stereocenters. The monoisotopic (exact) mass is 266 g/mol. The summed E-state index contributed by atoms with van der Waals surface area (Å²) in [5, 5.41) is 8.55. The summed E-state index contributed by atoms with van der Waals surface area (Å²) >= 11 is 0. The number of benzene rings is 1. The quantitative estimate of drug-likeness (QED) is 0.579. The predicted molar refractivity (Wildman–Crippen MR) is 73.7 cm³/mol. The van der Waals surface area contributed by atoms with Crippen molar-refractivity contribution in [3.63, 3.8) is 0 Å². The van der Waals surface area contributed by atoms with Crippen LogP contribution in [0.3, 0.4) is 0 Å². The van der Waals surface area contributed by atoms with Gasteiger partial charge in [0.15, 0.2) is 5.78 Å². The fourth-order valence-electron chi connectivity index (χ4n) is 1.70. The van der Waals surface area contributed by atoms with Crippen molar-refractivity contribution in [2.24, 2.45) is 5.92 Å². The highest BCUT2D eigenvalue weighted by Crippen LogP contribution is 2.19. The Kier molecular flexibility index (Phi) is 6.53. The lowest BCUT2D eigenvalue weighted by molar-refractivity contribution is 0.0705. The molecule has 0 heterocycles. The maximum absolute atomic E-state index is 11.9. The molecule has 19 heavy (non-hydrogen) atoms. The summed E-state index contributed by atoms with van der Waals surface area (Å²) in [7, 11) is 0. The summed E-state index contributed by atoms with van der Waals surface area (Å²) in [5.41, 5.74) is 1.67. The van der Waals surface area contributed by atoms with Gasteiger partial charge in [0.1, 0.15) is 12.4 Å². The Labute approximate surface area is 114 Å². The second kappa shape index (κ2) is 7.92. The first-order valence-electron chi connectivity index (χ1n) is 6.52. The van der Waals surface area contributed by atoms with Crippen LogP contribution in [0.15, 0.2) is 18.2 Å². The first-order valence-corrected chi connectivity index (χ1v) is 6.52. The van der Waals surface area contributed by atoms with Gasteiger partial charge in [0.2, 0.25) is 0 Å². The van der Waals surface area contributed by atoms with Crippen LogP contribution in [-0.2, 0) is 4.74 Å². The number of carbonyl (C=O) groups excluding carboxylic acids is 1. The minimum atomic E-state index is -0.00245. The van der Waals surface area contributed by atoms with Crippen LogP contribution in [0.25, 0.3) is 0 Å². The molecule has 1 N–H and O–H groups in total. The third-order valence-corrected chi connectivity index (χ3v) is 2.72. The van der Waals surface area contributed by atoms with Crippen molar-refractivity contribution in [2.75, 3.05) is 26.4 Å². The Hall–Kier alpha value is -1.39. The molecule has 0 fully saturated rings. The van der Waals surface area contributed by atoms with Gasteiger partial charge in [-0.3, -0.25) is 4.79 Å². The lowest BCUT2D eigenvalue weighted by Crippen LogP contribution is -2.11. The van der Waals surface area contributed by atoms with E-state index in [0.29, 0.717) is 19.8 Å². The van der Waals surface area contributed by atoms with Crippen molar-refractivity contribution >= 4 is 5.78 Å². The molecule has 0 aliphatic heterocycles. The van der Waals surface area contributed by atoms with Crippen LogP contribution in [0, 0.1) is 12.8 Å². The number of aliphatic hydroxyl groups excluding tert-OH is 1. The Bertz CT molecular complexity index is 413. The number of hydrogen-bond donors (Lipinski definition) is 1. The number of hydrogen-bond acceptors (Lipinski definition) is 4. The van der Waals surface area contributed by atoms with E-state index in [1.54, 1.807) is 6.07 Å². The van der Waals surface area contributed by atoms with Gasteiger partial charge in [0.25, 0.3) is 0 Å². The molecule has 0 radical (unpaired) electrons. The molecule has 0 aliphatic carbocycles. The topological polar surface area (TPSA) is 55.8 Å². The molecule has 1 aromatic carbocycles. The zero-order chi connectivity index (χ0) is 14.3. The van der Waals surface area contributed by atoms with Crippen LogP contribution in [0.1, 0.15) is 29.8 Å². The van der Waals surface area contributed by atoms with Crippen molar-refractivity contribution in [1.82, 2.24) is 0 Å². The third kappa shape index (κ3) is 5.01. The predicted octanol–water partition coefficient (Wildman–Crippen LogP) is 2.22. The molecule has 0 amide bonds. The smallest absolute Gasteiger partial charge is 0.165 e. The van der Waals surface area contributed by atoms with Gasteiger partial charge >= 0.3 is 0 Å². The van der Waals surface area contributed by atoms with Crippen molar-refractivity contribution in [2.45, 2.75) is 20.8 Å². The number of ether oxygens (including phenoxy) is 2. The summed E-state index contributed by atoms with van der Waals surface area (Å²) in [4.78, 5) is 11.9. The second-order valence-corrected chi connectivity index (χ2v) is 4.68. The van der Waals surface area contributed by atoms with Crippen molar-refractivity contribution in [1.29, 1.82) is 0 Å². The van der Waals surface area contributed by atoms with Crippen LogP contribution in [-0.4, -0.2) is 37.3 Å². The molecule has 1 rings (SSSR count). The molecule has 0 saturated carbocycles. The lowest BCUT2D eigenvalue weighted by atomic mass is 9.97. The third-order valence-electron chi connectivity index (χ3n) is 2.72. The van der Waals surface area contributed by atoms with E-state index in [1.807, 2.05) is 32.9 Å². The SMILES string of the molecule is Cc1cc(OCCOCCO)ccc1C(=O)C(C)C. The van der Waals surface area contributed by atoms with Gasteiger partial charge in [-0.1, -0.05) is 13.8 Å². The zero-order valence-electron chi connectivity index (χ0n) is 11.8. The Morgan fingerprint density at radius 3 is 2.58 bits per heavy atom. The van der Waals surface area contributed by atoms with Crippen LogP contribution in [0.4, 0.5) is 0 Å². The molecule has 0 bridgehead atoms. The van der Waals surface area contributed by atoms with Crippen molar-refractivity contribution < 1.29 is 19.4 Å². The van der Waals surface area contributed by atoms with Crippen molar-refractivity contribution in [3.8, 4) is 5.75 Å². The van der Waals surface area contributed by atoms with Gasteiger partial charge in [-0.05, 0) is 30.7 Å². The zero-order valence-corrected chi connectivity index (χ0v) is 11.8. The summed E-state index contributed by atoms with van der Waals surface area (Å²) in [5.74, 6) is 0.873. The summed E-state index contributed by atoms with van der Waals surface area (Å²) < 4.78 is 10.6. The number of aryl methyl sites for hydroxylation is 1. The van der Waals surface area contributed by atoms with Crippen LogP contribution < -0.4 is 4.74 Å². The number of Topliss-reactive ketones (excluding diaryl/α,β-unsaturated/α-hetero) is 1. The summed E-state index contributed by atoms with van der Waals surface area (Å²) in [6.45, 7) is 6.90. The minimum absolute atomic E-state index is 0.00245. The van der Waals surface area contributed by atoms with E-state index in [4.69, 9.17) is 14.6 Å². The molecule has 4 nitrogen and oxygen atoms in total. The summed E-state index contributed by atoms with van der Waals surface area (Å²) in [6, 6.07) is 5.47. The maximum atomic E-state index is 11.9. The first kappa shape index (κ1) is 15.7. The van der Waals surface area contributed by atoms with E-state index in [1.165, 1.54) is 0 Å². The lowest BCUT2D eigenvalue weighted by Gasteiger charge is -2.11. The van der Waals surface area contributed by atoms with E-state index in [9.17, 15) is 4.79 Å². The standard InChI is InChI=1S/C15H22O4/c1-11(2)15(17)14-5-4-13(10-12(14)3)19-9-8-18-7-6-16/h4-5,10-11,16H,6-9H2,1-3H3. The van der Waals surface area contributed by atoms with E-state index in [0.717, 1.165) is 16.9 Å². The van der Waals surface area contributed by atoms with Crippen LogP contribution in [0.2, 0.25) is 0 Å². The molecule has 1 aromatic rings. The number of rotatable bonds is 8. The molecule has 0 aliphatic rings. The van der Waals surface area contributed by atoms with E-state index in [2.05, 4.69) is 0 Å². The highest BCUT2D eigenvalue weighted by atomic mass is 16.5. The van der Waals surface area contributed by atoms with Gasteiger partial charge < -0.3 is 14.6 Å². The van der Waals surface area contributed by atoms with Crippen LogP contribution >= 0.6 is 0 Å². The average molecular weight is 266 g/mol. The molecule has 106 valence electrons. The molecule has 0 saturated heterocycles. The van der Waals surface area contributed by atoms with Gasteiger partial charge in [-0.15, -0.1) is 0 Å². The number of carbonyl (C=O) groups is 1. The molecule has 0 spiro atoms. The highest BCUT2D eigenvalue weighted by molar-refractivity contribution is 5.98. The fraction of sp³-hybridized carbons (Fsp3) is 0.533. The minimum Gasteiger partial charge on any atom is -0.491 e. The number of aliphatic hydroxyl groups is 1. The van der Waals surface area contributed by atoms with Crippen molar-refractivity contribution in [3.05, 3.63) is 29.3 Å². The highest BCUT2D eigenvalue weighted by Gasteiger charge is 2.13. The van der Waals surface area contributed by atoms with Gasteiger partial charge in [0, 0.05) is 11.5 Å². The van der Waals surface area contributed by atoms with E-state index in [-0.39, 0.29) is 18.3 Å². The average Bonchev–Trinajstić information content (AvgIpc) is 2.38. The molecule has 4 heteroatoms. The Balaban J connectivity index is 2.54. The van der Waals surface area contributed by atoms with E-state index >= 15 is 0 Å². The largest absolute Gasteiger partial charge is 0.491 e. The first-order chi connectivity index (χ1) is 9.06.